The molecule has 0 radical (unpaired) electrons. The number of fused-ring (bicyclic) bond motifs is 1. The molecule has 2 aromatic carbocycles. The number of epoxide rings is 1. The quantitative estimate of drug-likeness (QED) is 0.743. The minimum atomic E-state index is -0.663. The number of hydrogen-bond donors (Lipinski definition) is 0. The van der Waals surface area contributed by atoms with Gasteiger partial charge in [-0.15, -0.1) is 0 Å². The summed E-state index contributed by atoms with van der Waals surface area (Å²) in [7, 11) is 0. The number of halogens is 1. The number of ether oxygens (including phenoxy) is 1. The SMILES string of the molecule is Cc1ccc2c(c1)CC1(OC1c1ccc(Cl)cc1)C2=O. The van der Waals surface area contributed by atoms with Crippen LogP contribution in [0.1, 0.15) is 33.2 Å². The summed E-state index contributed by atoms with van der Waals surface area (Å²) >= 11 is 5.90. The van der Waals surface area contributed by atoms with Crippen LogP contribution < -0.4 is 0 Å². The van der Waals surface area contributed by atoms with Gasteiger partial charge in [0.1, 0.15) is 6.10 Å². The molecule has 0 bridgehead atoms. The van der Waals surface area contributed by atoms with Gasteiger partial charge in [-0.3, -0.25) is 4.79 Å². The van der Waals surface area contributed by atoms with Crippen LogP contribution in [0.5, 0.6) is 0 Å². The van der Waals surface area contributed by atoms with E-state index in [1.54, 1.807) is 0 Å². The Morgan fingerprint density at radius 2 is 1.95 bits per heavy atom. The maximum absolute atomic E-state index is 12.6. The summed E-state index contributed by atoms with van der Waals surface area (Å²) in [6.07, 6.45) is 0.538. The summed E-state index contributed by atoms with van der Waals surface area (Å²) in [4.78, 5) is 12.6. The summed E-state index contributed by atoms with van der Waals surface area (Å²) in [5, 5.41) is 0.695. The Morgan fingerprint density at radius 1 is 1.20 bits per heavy atom. The smallest absolute Gasteiger partial charge is 0.198 e. The number of carbonyl (C=O) groups excluding carboxylic acids is 1. The Labute approximate surface area is 122 Å². The lowest BCUT2D eigenvalue weighted by molar-refractivity contribution is 0.0894. The minimum Gasteiger partial charge on any atom is -0.352 e. The zero-order valence-corrected chi connectivity index (χ0v) is 11.8. The molecule has 1 fully saturated rings. The Bertz CT molecular complexity index is 720. The predicted octanol–water partition coefficient (Wildman–Crippen LogP) is 3.90. The zero-order valence-electron chi connectivity index (χ0n) is 11.0. The second-order valence-electron chi connectivity index (χ2n) is 5.61. The van der Waals surface area contributed by atoms with Crippen LogP contribution in [0.2, 0.25) is 5.02 Å². The van der Waals surface area contributed by atoms with E-state index in [0.717, 1.165) is 16.7 Å². The van der Waals surface area contributed by atoms with E-state index in [4.69, 9.17) is 16.3 Å². The first kappa shape index (κ1) is 12.1. The second-order valence-corrected chi connectivity index (χ2v) is 6.04. The molecular weight excluding hydrogens is 272 g/mol. The third-order valence-corrected chi connectivity index (χ3v) is 4.46. The Kier molecular flexibility index (Phi) is 2.39. The molecule has 0 saturated carbocycles. The van der Waals surface area contributed by atoms with Crippen LogP contribution in [0.15, 0.2) is 42.5 Å². The van der Waals surface area contributed by atoms with Gasteiger partial charge in [-0.2, -0.15) is 0 Å². The second kappa shape index (κ2) is 3.94. The lowest BCUT2D eigenvalue weighted by atomic mass is 9.96. The maximum atomic E-state index is 12.6. The number of benzene rings is 2. The highest BCUT2D eigenvalue weighted by molar-refractivity contribution is 6.30. The van der Waals surface area contributed by atoms with E-state index in [0.29, 0.717) is 11.4 Å². The van der Waals surface area contributed by atoms with Gasteiger partial charge in [-0.25, -0.2) is 0 Å². The predicted molar refractivity (Wildman–Crippen MR) is 77.2 cm³/mol. The third-order valence-electron chi connectivity index (χ3n) is 4.21. The average molecular weight is 285 g/mol. The highest BCUT2D eigenvalue weighted by Gasteiger charge is 2.65. The van der Waals surface area contributed by atoms with Crippen molar-refractivity contribution >= 4 is 17.4 Å². The van der Waals surface area contributed by atoms with E-state index in [2.05, 4.69) is 6.07 Å². The van der Waals surface area contributed by atoms with Gasteiger partial charge in [0, 0.05) is 17.0 Å². The fourth-order valence-electron chi connectivity index (χ4n) is 3.14. The van der Waals surface area contributed by atoms with Crippen molar-refractivity contribution in [3.8, 4) is 0 Å². The van der Waals surface area contributed by atoms with Gasteiger partial charge < -0.3 is 4.74 Å². The molecule has 1 spiro atoms. The summed E-state index contributed by atoms with van der Waals surface area (Å²) in [6, 6.07) is 13.5. The number of hydrogen-bond acceptors (Lipinski definition) is 2. The van der Waals surface area contributed by atoms with Crippen molar-refractivity contribution in [1.29, 1.82) is 0 Å². The molecule has 1 aliphatic carbocycles. The normalized spacial score (nSPS) is 26.9. The summed E-state index contributed by atoms with van der Waals surface area (Å²) in [6.45, 7) is 2.04. The zero-order chi connectivity index (χ0) is 13.9. The molecule has 3 heteroatoms. The molecule has 2 unspecified atom stereocenters. The Hall–Kier alpha value is -1.64. The van der Waals surface area contributed by atoms with Crippen molar-refractivity contribution in [2.45, 2.75) is 25.0 Å². The molecule has 2 aliphatic rings. The van der Waals surface area contributed by atoms with Gasteiger partial charge in [-0.1, -0.05) is 47.5 Å². The van der Waals surface area contributed by atoms with E-state index in [1.165, 1.54) is 5.56 Å². The van der Waals surface area contributed by atoms with Crippen LogP contribution >= 0.6 is 11.6 Å². The van der Waals surface area contributed by atoms with Gasteiger partial charge in [0.15, 0.2) is 11.4 Å². The number of aryl methyl sites for hydroxylation is 1. The molecule has 1 aliphatic heterocycles. The van der Waals surface area contributed by atoms with E-state index in [9.17, 15) is 4.79 Å². The summed E-state index contributed by atoms with van der Waals surface area (Å²) in [5.74, 6) is 0.118. The monoisotopic (exact) mass is 284 g/mol. The van der Waals surface area contributed by atoms with Crippen LogP contribution in [0.25, 0.3) is 0 Å². The van der Waals surface area contributed by atoms with Crippen molar-refractivity contribution < 1.29 is 9.53 Å². The van der Waals surface area contributed by atoms with Gasteiger partial charge in [0.25, 0.3) is 0 Å². The fourth-order valence-corrected chi connectivity index (χ4v) is 3.27. The standard InChI is InChI=1S/C17H13ClO2/c1-10-2-7-14-12(8-10)9-17(15(14)19)16(20-17)11-3-5-13(18)6-4-11/h2-8,16H,9H2,1H3. The van der Waals surface area contributed by atoms with Crippen molar-refractivity contribution in [2.24, 2.45) is 0 Å². The average Bonchev–Trinajstić information content (AvgIpc) is 3.07. The van der Waals surface area contributed by atoms with Crippen molar-refractivity contribution in [1.82, 2.24) is 0 Å². The van der Waals surface area contributed by atoms with Gasteiger partial charge in [0.05, 0.1) is 0 Å². The highest BCUT2D eigenvalue weighted by Crippen LogP contribution is 2.56. The molecule has 100 valence electrons. The summed E-state index contributed by atoms with van der Waals surface area (Å²) in [5.41, 5.74) is 3.45. The molecule has 4 rings (SSSR count). The number of carbonyl (C=O) groups is 1. The van der Waals surface area contributed by atoms with Gasteiger partial charge in [0.2, 0.25) is 0 Å². The molecule has 0 N–H and O–H groups in total. The molecule has 2 aromatic rings. The lowest BCUT2D eigenvalue weighted by Crippen LogP contribution is -2.20. The minimum absolute atomic E-state index is 0.118. The van der Waals surface area contributed by atoms with Crippen molar-refractivity contribution in [2.75, 3.05) is 0 Å². The van der Waals surface area contributed by atoms with Crippen LogP contribution in [0.3, 0.4) is 0 Å². The first-order chi connectivity index (χ1) is 9.60. The fraction of sp³-hybridized carbons (Fsp3) is 0.235. The first-order valence-electron chi connectivity index (χ1n) is 6.68. The molecule has 2 atom stereocenters. The van der Waals surface area contributed by atoms with Crippen molar-refractivity contribution in [3.05, 3.63) is 69.7 Å². The molecule has 20 heavy (non-hydrogen) atoms. The van der Waals surface area contributed by atoms with E-state index in [1.807, 2.05) is 43.3 Å². The Balaban J connectivity index is 1.69. The van der Waals surface area contributed by atoms with Gasteiger partial charge >= 0.3 is 0 Å². The van der Waals surface area contributed by atoms with E-state index < -0.39 is 5.60 Å². The Morgan fingerprint density at radius 3 is 2.70 bits per heavy atom. The van der Waals surface area contributed by atoms with Gasteiger partial charge in [-0.05, 0) is 30.2 Å². The number of rotatable bonds is 1. The topological polar surface area (TPSA) is 29.6 Å². The van der Waals surface area contributed by atoms with Crippen LogP contribution in [0, 0.1) is 6.92 Å². The van der Waals surface area contributed by atoms with Crippen LogP contribution in [-0.4, -0.2) is 11.4 Å². The van der Waals surface area contributed by atoms with Crippen molar-refractivity contribution in [3.63, 3.8) is 0 Å². The van der Waals surface area contributed by atoms with E-state index in [-0.39, 0.29) is 11.9 Å². The van der Waals surface area contributed by atoms with Crippen LogP contribution in [-0.2, 0) is 11.2 Å². The van der Waals surface area contributed by atoms with Crippen LogP contribution in [0.4, 0.5) is 0 Å². The molecular formula is C17H13ClO2. The molecule has 1 saturated heterocycles. The maximum Gasteiger partial charge on any atom is 0.198 e. The molecule has 1 heterocycles. The number of ketones is 1. The highest BCUT2D eigenvalue weighted by atomic mass is 35.5. The molecule has 0 aromatic heterocycles. The van der Waals surface area contributed by atoms with E-state index >= 15 is 0 Å². The molecule has 0 amide bonds. The third kappa shape index (κ3) is 1.58. The lowest BCUT2D eigenvalue weighted by Gasteiger charge is -2.01. The summed E-state index contributed by atoms with van der Waals surface area (Å²) < 4.78 is 5.83. The molecule has 2 nitrogen and oxygen atoms in total. The first-order valence-corrected chi connectivity index (χ1v) is 7.05. The number of Topliss-reactive ketones (excluding diaryl/α,β-unsaturated/α-hetero) is 1. The largest absolute Gasteiger partial charge is 0.352 e.